The number of carbonyl (C=O) groups excluding carboxylic acids is 1. The first-order valence-corrected chi connectivity index (χ1v) is 8.46. The Morgan fingerprint density at radius 2 is 2.28 bits per heavy atom. The number of benzene rings is 1. The SMILES string of the molecule is Cc1cc(C(=O)N2CCOC[C@@H](Cc3cccc4occc34)C2)no1. The van der Waals surface area contributed by atoms with Crippen molar-refractivity contribution in [1.82, 2.24) is 10.1 Å². The van der Waals surface area contributed by atoms with Crippen molar-refractivity contribution in [3.05, 3.63) is 53.6 Å². The van der Waals surface area contributed by atoms with E-state index in [0.717, 1.165) is 17.4 Å². The van der Waals surface area contributed by atoms with Crippen LogP contribution >= 0.6 is 0 Å². The molecule has 1 saturated heterocycles. The average Bonchev–Trinajstić information content (AvgIpc) is 3.20. The Bertz CT molecular complexity index is 882. The van der Waals surface area contributed by atoms with Gasteiger partial charge in [-0.2, -0.15) is 0 Å². The predicted octanol–water partition coefficient (Wildman–Crippen LogP) is 3.06. The maximum atomic E-state index is 12.7. The minimum absolute atomic E-state index is 0.103. The first-order valence-electron chi connectivity index (χ1n) is 8.46. The third-order valence-electron chi connectivity index (χ3n) is 4.57. The Morgan fingerprint density at radius 3 is 3.12 bits per heavy atom. The number of ether oxygens (including phenoxy) is 1. The van der Waals surface area contributed by atoms with Crippen LogP contribution in [0, 0.1) is 12.8 Å². The van der Waals surface area contributed by atoms with Gasteiger partial charge in [0.15, 0.2) is 5.69 Å². The van der Waals surface area contributed by atoms with E-state index in [9.17, 15) is 4.79 Å². The van der Waals surface area contributed by atoms with Gasteiger partial charge < -0.3 is 18.6 Å². The second-order valence-electron chi connectivity index (χ2n) is 6.47. The summed E-state index contributed by atoms with van der Waals surface area (Å²) in [7, 11) is 0. The summed E-state index contributed by atoms with van der Waals surface area (Å²) in [4.78, 5) is 14.5. The van der Waals surface area contributed by atoms with Crippen molar-refractivity contribution in [1.29, 1.82) is 0 Å². The molecule has 1 fully saturated rings. The molecule has 1 aliphatic rings. The van der Waals surface area contributed by atoms with Crippen LogP contribution in [0.25, 0.3) is 11.0 Å². The molecule has 0 bridgehead atoms. The standard InChI is InChI=1S/C19H20N2O4/c1-13-9-17(20-25-13)19(22)21-6-8-23-12-14(11-21)10-15-3-2-4-18-16(15)5-7-24-18/h2-5,7,9,14H,6,8,10-12H2,1H3/t14-/m0/s1. The molecule has 0 radical (unpaired) electrons. The Morgan fingerprint density at radius 1 is 1.36 bits per heavy atom. The first kappa shape index (κ1) is 15.9. The van der Waals surface area contributed by atoms with Crippen LogP contribution in [-0.4, -0.2) is 42.3 Å². The van der Waals surface area contributed by atoms with E-state index in [2.05, 4.69) is 11.2 Å². The number of fused-ring (bicyclic) bond motifs is 1. The van der Waals surface area contributed by atoms with Crippen molar-refractivity contribution in [2.75, 3.05) is 26.3 Å². The molecule has 6 heteroatoms. The number of aryl methyl sites for hydroxylation is 1. The number of furan rings is 1. The molecule has 1 amide bonds. The summed E-state index contributed by atoms with van der Waals surface area (Å²) in [5, 5.41) is 4.97. The Kier molecular flexibility index (Phi) is 4.28. The molecule has 0 spiro atoms. The highest BCUT2D eigenvalue weighted by atomic mass is 16.5. The van der Waals surface area contributed by atoms with Crippen molar-refractivity contribution in [3.8, 4) is 0 Å². The summed E-state index contributed by atoms with van der Waals surface area (Å²) in [6, 6.07) is 9.74. The van der Waals surface area contributed by atoms with Crippen LogP contribution in [0.5, 0.6) is 0 Å². The van der Waals surface area contributed by atoms with E-state index < -0.39 is 0 Å². The number of nitrogens with zero attached hydrogens (tertiary/aromatic N) is 2. The van der Waals surface area contributed by atoms with E-state index in [4.69, 9.17) is 13.7 Å². The first-order chi connectivity index (χ1) is 12.2. The lowest BCUT2D eigenvalue weighted by Crippen LogP contribution is -2.36. The van der Waals surface area contributed by atoms with Crippen LogP contribution < -0.4 is 0 Å². The third kappa shape index (κ3) is 3.30. The monoisotopic (exact) mass is 340 g/mol. The molecule has 0 saturated carbocycles. The molecule has 0 unspecified atom stereocenters. The van der Waals surface area contributed by atoms with Crippen LogP contribution in [0.4, 0.5) is 0 Å². The second kappa shape index (κ2) is 6.72. The van der Waals surface area contributed by atoms with Crippen LogP contribution in [0.1, 0.15) is 21.8 Å². The van der Waals surface area contributed by atoms with Gasteiger partial charge in [0.2, 0.25) is 0 Å². The summed E-state index contributed by atoms with van der Waals surface area (Å²) in [6.07, 6.45) is 2.54. The molecule has 130 valence electrons. The molecule has 4 rings (SSSR count). The third-order valence-corrected chi connectivity index (χ3v) is 4.57. The molecule has 25 heavy (non-hydrogen) atoms. The lowest BCUT2D eigenvalue weighted by molar-refractivity contribution is 0.0727. The smallest absolute Gasteiger partial charge is 0.276 e. The van der Waals surface area contributed by atoms with Crippen molar-refractivity contribution < 1.29 is 18.5 Å². The van der Waals surface area contributed by atoms with E-state index >= 15 is 0 Å². The zero-order chi connectivity index (χ0) is 17.2. The highest BCUT2D eigenvalue weighted by Crippen LogP contribution is 2.24. The van der Waals surface area contributed by atoms with Crippen molar-refractivity contribution in [3.63, 3.8) is 0 Å². The van der Waals surface area contributed by atoms with Gasteiger partial charge in [-0.15, -0.1) is 0 Å². The highest BCUT2D eigenvalue weighted by molar-refractivity contribution is 5.92. The van der Waals surface area contributed by atoms with Gasteiger partial charge >= 0.3 is 0 Å². The van der Waals surface area contributed by atoms with Gasteiger partial charge in [0.05, 0.1) is 19.5 Å². The fraction of sp³-hybridized carbons (Fsp3) is 0.368. The predicted molar refractivity (Wildman–Crippen MR) is 91.4 cm³/mol. The largest absolute Gasteiger partial charge is 0.464 e. The number of hydrogen-bond acceptors (Lipinski definition) is 5. The van der Waals surface area contributed by atoms with Crippen LogP contribution in [0.2, 0.25) is 0 Å². The van der Waals surface area contributed by atoms with Gasteiger partial charge in [0, 0.05) is 30.5 Å². The summed E-state index contributed by atoms with van der Waals surface area (Å²) in [5.74, 6) is 0.756. The van der Waals surface area contributed by atoms with Crippen molar-refractivity contribution >= 4 is 16.9 Å². The highest BCUT2D eigenvalue weighted by Gasteiger charge is 2.26. The topological polar surface area (TPSA) is 68.7 Å². The van der Waals surface area contributed by atoms with E-state index in [1.165, 1.54) is 5.56 Å². The van der Waals surface area contributed by atoms with Gasteiger partial charge in [0.25, 0.3) is 5.91 Å². The van der Waals surface area contributed by atoms with Crippen LogP contribution in [0.3, 0.4) is 0 Å². The zero-order valence-corrected chi connectivity index (χ0v) is 14.1. The van der Waals surface area contributed by atoms with Gasteiger partial charge in [0.1, 0.15) is 11.3 Å². The van der Waals surface area contributed by atoms with E-state index in [1.54, 1.807) is 19.3 Å². The fourth-order valence-corrected chi connectivity index (χ4v) is 3.36. The van der Waals surface area contributed by atoms with Crippen LogP contribution in [0.15, 0.2) is 45.5 Å². The molecule has 3 aromatic rings. The van der Waals surface area contributed by atoms with Crippen molar-refractivity contribution in [2.24, 2.45) is 5.92 Å². The second-order valence-corrected chi connectivity index (χ2v) is 6.47. The molecule has 3 heterocycles. The zero-order valence-electron chi connectivity index (χ0n) is 14.1. The molecule has 0 aliphatic carbocycles. The molecular weight excluding hydrogens is 320 g/mol. The van der Waals surface area contributed by atoms with Crippen LogP contribution in [-0.2, 0) is 11.2 Å². The van der Waals surface area contributed by atoms with E-state index in [1.807, 2.05) is 23.1 Å². The number of hydrogen-bond donors (Lipinski definition) is 0. The average molecular weight is 340 g/mol. The molecule has 6 nitrogen and oxygen atoms in total. The number of amides is 1. The van der Waals surface area contributed by atoms with Gasteiger partial charge in [-0.25, -0.2) is 0 Å². The molecular formula is C19H20N2O4. The number of rotatable bonds is 3. The minimum Gasteiger partial charge on any atom is -0.464 e. The summed E-state index contributed by atoms with van der Waals surface area (Å²) >= 11 is 0. The van der Waals surface area contributed by atoms with Gasteiger partial charge in [-0.1, -0.05) is 17.3 Å². The molecule has 1 aliphatic heterocycles. The van der Waals surface area contributed by atoms with Gasteiger partial charge in [-0.3, -0.25) is 4.79 Å². The Hall–Kier alpha value is -2.60. The van der Waals surface area contributed by atoms with Crippen molar-refractivity contribution in [2.45, 2.75) is 13.3 Å². The molecule has 1 aromatic carbocycles. The number of carbonyl (C=O) groups is 1. The molecule has 2 aromatic heterocycles. The summed E-state index contributed by atoms with van der Waals surface area (Å²) in [6.45, 7) is 4.16. The molecule has 0 N–H and O–H groups in total. The number of aromatic nitrogens is 1. The maximum Gasteiger partial charge on any atom is 0.276 e. The minimum atomic E-state index is -0.103. The molecule has 1 atom stereocenters. The van der Waals surface area contributed by atoms with E-state index in [-0.39, 0.29) is 11.8 Å². The Balaban J connectivity index is 1.52. The summed E-state index contributed by atoms with van der Waals surface area (Å²) < 4.78 is 16.2. The summed E-state index contributed by atoms with van der Waals surface area (Å²) in [5.41, 5.74) is 2.46. The lowest BCUT2D eigenvalue weighted by atomic mass is 9.97. The maximum absolute atomic E-state index is 12.7. The van der Waals surface area contributed by atoms with E-state index in [0.29, 0.717) is 37.8 Å². The normalized spacial score (nSPS) is 18.4. The Labute approximate surface area is 145 Å². The van der Waals surface area contributed by atoms with Gasteiger partial charge in [-0.05, 0) is 31.0 Å². The fourth-order valence-electron chi connectivity index (χ4n) is 3.36. The lowest BCUT2D eigenvalue weighted by Gasteiger charge is -2.23. The quantitative estimate of drug-likeness (QED) is 0.733.